The van der Waals surface area contributed by atoms with Gasteiger partial charge in [-0.1, -0.05) is 0 Å². The predicted octanol–water partition coefficient (Wildman–Crippen LogP) is 0.102. The monoisotopic (exact) mass is 240 g/mol. The average Bonchev–Trinajstić information content (AvgIpc) is 2.64. The van der Waals surface area contributed by atoms with Gasteiger partial charge in [-0.2, -0.15) is 0 Å². The fraction of sp³-hybridized carbons (Fsp3) is 0.833. The summed E-state index contributed by atoms with van der Waals surface area (Å²) in [4.78, 5) is 26.6. The van der Waals surface area contributed by atoms with Gasteiger partial charge >= 0.3 is 11.9 Å². The highest BCUT2D eigenvalue weighted by Gasteiger charge is 2.30. The van der Waals surface area contributed by atoms with Crippen LogP contribution in [0.25, 0.3) is 0 Å². The Hall–Kier alpha value is -0.940. The Bertz CT molecular complexity index is 301. The van der Waals surface area contributed by atoms with Crippen LogP contribution in [0.5, 0.6) is 0 Å². The van der Waals surface area contributed by atoms with Crippen molar-refractivity contribution < 1.29 is 14.3 Å². The summed E-state index contributed by atoms with van der Waals surface area (Å²) in [5.74, 6) is -0.268. The molecule has 96 valence electrons. The highest BCUT2D eigenvalue weighted by Crippen LogP contribution is 2.20. The lowest BCUT2D eigenvalue weighted by molar-refractivity contribution is -0.167. The van der Waals surface area contributed by atoms with E-state index >= 15 is 0 Å². The van der Waals surface area contributed by atoms with Crippen molar-refractivity contribution >= 4 is 11.9 Å². The zero-order valence-corrected chi connectivity index (χ0v) is 10.5. The first-order valence-electron chi connectivity index (χ1n) is 6.24. The number of nitrogens with zero attached hydrogens (tertiary/aromatic N) is 2. The molecule has 0 aromatic heterocycles. The number of hydrogen-bond acceptors (Lipinski definition) is 5. The van der Waals surface area contributed by atoms with Crippen LogP contribution in [0.3, 0.4) is 0 Å². The molecule has 0 amide bonds. The minimum Gasteiger partial charge on any atom is -0.391 e. The van der Waals surface area contributed by atoms with E-state index in [1.165, 1.54) is 0 Å². The fourth-order valence-corrected chi connectivity index (χ4v) is 2.59. The van der Waals surface area contributed by atoms with Gasteiger partial charge in [0.2, 0.25) is 0 Å². The van der Waals surface area contributed by atoms with Crippen molar-refractivity contribution in [2.45, 2.75) is 26.3 Å². The number of hydrogen-bond donors (Lipinski definition) is 0. The second-order valence-electron chi connectivity index (χ2n) is 5.26. The van der Waals surface area contributed by atoms with E-state index in [0.29, 0.717) is 12.0 Å². The lowest BCUT2D eigenvalue weighted by Gasteiger charge is -2.27. The van der Waals surface area contributed by atoms with Crippen LogP contribution < -0.4 is 0 Å². The van der Waals surface area contributed by atoms with Gasteiger partial charge in [-0.25, -0.2) is 0 Å². The molecule has 5 nitrogen and oxygen atoms in total. The quantitative estimate of drug-likeness (QED) is 0.517. The Morgan fingerprint density at radius 1 is 1.29 bits per heavy atom. The van der Waals surface area contributed by atoms with Crippen LogP contribution in [0.4, 0.5) is 0 Å². The highest BCUT2D eigenvalue weighted by molar-refractivity contribution is 5.90. The van der Waals surface area contributed by atoms with Crippen molar-refractivity contribution in [1.82, 2.24) is 9.80 Å². The molecule has 0 N–H and O–H groups in total. The third kappa shape index (κ3) is 3.26. The van der Waals surface area contributed by atoms with E-state index in [-0.39, 0.29) is 13.1 Å². The number of esters is 2. The molecule has 0 aliphatic carbocycles. The van der Waals surface area contributed by atoms with Crippen molar-refractivity contribution in [3.05, 3.63) is 0 Å². The summed E-state index contributed by atoms with van der Waals surface area (Å²) < 4.78 is 4.51. The van der Waals surface area contributed by atoms with Gasteiger partial charge in [0.25, 0.3) is 0 Å². The fourth-order valence-electron chi connectivity index (χ4n) is 2.59. The number of ether oxygens (including phenoxy) is 1. The Balaban J connectivity index is 1.81. The number of carbonyl (C=O) groups is 2. The molecule has 2 saturated heterocycles. The van der Waals surface area contributed by atoms with Crippen LogP contribution in [0.15, 0.2) is 0 Å². The standard InChI is InChI=1S/C12H20N2O3/c1-9(2)14-4-3-10(6-14)5-13-7-11(15)17-12(16)8-13/h9-10H,3-8H2,1-2H3. The lowest BCUT2D eigenvalue weighted by atomic mass is 10.1. The van der Waals surface area contributed by atoms with Crippen LogP contribution in [0.1, 0.15) is 20.3 Å². The summed E-state index contributed by atoms with van der Waals surface area (Å²) in [6, 6.07) is 0.577. The SMILES string of the molecule is CC(C)N1CCC(CN2CC(=O)OC(=O)C2)C1. The van der Waals surface area contributed by atoms with Crippen molar-refractivity contribution in [1.29, 1.82) is 0 Å². The normalized spacial score (nSPS) is 27.8. The lowest BCUT2D eigenvalue weighted by Crippen LogP contribution is -2.45. The van der Waals surface area contributed by atoms with E-state index in [1.807, 2.05) is 4.90 Å². The molecule has 0 bridgehead atoms. The Labute approximate surface area is 102 Å². The topological polar surface area (TPSA) is 49.9 Å². The molecule has 1 unspecified atom stereocenters. The third-order valence-electron chi connectivity index (χ3n) is 3.50. The van der Waals surface area contributed by atoms with Gasteiger partial charge in [-0.15, -0.1) is 0 Å². The maximum atomic E-state index is 11.1. The zero-order valence-electron chi connectivity index (χ0n) is 10.5. The van der Waals surface area contributed by atoms with E-state index in [9.17, 15) is 9.59 Å². The summed E-state index contributed by atoms with van der Waals surface area (Å²) in [5, 5.41) is 0. The van der Waals surface area contributed by atoms with E-state index in [2.05, 4.69) is 23.5 Å². The minimum atomic E-state index is -0.417. The largest absolute Gasteiger partial charge is 0.391 e. The molecule has 0 radical (unpaired) electrons. The summed E-state index contributed by atoms with van der Waals surface area (Å²) in [5.41, 5.74) is 0. The molecule has 0 spiro atoms. The number of rotatable bonds is 3. The van der Waals surface area contributed by atoms with Gasteiger partial charge in [0, 0.05) is 19.1 Å². The number of morpholine rings is 1. The van der Waals surface area contributed by atoms with E-state index in [0.717, 1.165) is 26.1 Å². The molecule has 0 aromatic carbocycles. The molecule has 2 fully saturated rings. The molecule has 0 aromatic rings. The average molecular weight is 240 g/mol. The molecule has 2 aliphatic heterocycles. The molecule has 2 heterocycles. The third-order valence-corrected chi connectivity index (χ3v) is 3.50. The van der Waals surface area contributed by atoms with Crippen molar-refractivity contribution in [3.63, 3.8) is 0 Å². The van der Waals surface area contributed by atoms with Crippen molar-refractivity contribution in [3.8, 4) is 0 Å². The van der Waals surface area contributed by atoms with Gasteiger partial charge in [0.1, 0.15) is 0 Å². The zero-order chi connectivity index (χ0) is 12.4. The van der Waals surface area contributed by atoms with Crippen molar-refractivity contribution in [2.75, 3.05) is 32.7 Å². The van der Waals surface area contributed by atoms with Gasteiger partial charge in [-0.05, 0) is 32.7 Å². The Morgan fingerprint density at radius 2 is 1.94 bits per heavy atom. The number of cyclic esters (lactones) is 2. The molecule has 5 heteroatoms. The smallest absolute Gasteiger partial charge is 0.327 e. The van der Waals surface area contributed by atoms with Crippen LogP contribution in [-0.4, -0.2) is 60.5 Å². The molecule has 1 atom stereocenters. The first-order chi connectivity index (χ1) is 8.04. The van der Waals surface area contributed by atoms with Gasteiger partial charge in [0.15, 0.2) is 0 Å². The highest BCUT2D eigenvalue weighted by atomic mass is 16.6. The van der Waals surface area contributed by atoms with Crippen LogP contribution in [0, 0.1) is 5.92 Å². The summed E-state index contributed by atoms with van der Waals surface area (Å²) in [6.07, 6.45) is 1.15. The summed E-state index contributed by atoms with van der Waals surface area (Å²) >= 11 is 0. The summed E-state index contributed by atoms with van der Waals surface area (Å²) in [6.45, 7) is 7.91. The number of carbonyl (C=O) groups excluding carboxylic acids is 2. The van der Waals surface area contributed by atoms with E-state index in [4.69, 9.17) is 0 Å². The van der Waals surface area contributed by atoms with Crippen LogP contribution in [-0.2, 0) is 14.3 Å². The molecule has 2 rings (SSSR count). The Morgan fingerprint density at radius 3 is 2.47 bits per heavy atom. The molecular weight excluding hydrogens is 220 g/mol. The molecular formula is C12H20N2O3. The van der Waals surface area contributed by atoms with Crippen LogP contribution >= 0.6 is 0 Å². The van der Waals surface area contributed by atoms with Gasteiger partial charge < -0.3 is 9.64 Å². The molecule has 2 aliphatic rings. The number of likely N-dealkylation sites (tertiary alicyclic amines) is 1. The summed E-state index contributed by atoms with van der Waals surface area (Å²) in [7, 11) is 0. The van der Waals surface area contributed by atoms with Crippen LogP contribution in [0.2, 0.25) is 0 Å². The molecule has 17 heavy (non-hydrogen) atoms. The maximum Gasteiger partial charge on any atom is 0.327 e. The van der Waals surface area contributed by atoms with Gasteiger partial charge in [0.05, 0.1) is 13.1 Å². The van der Waals surface area contributed by atoms with E-state index < -0.39 is 11.9 Å². The Kier molecular flexibility index (Phi) is 3.79. The minimum absolute atomic E-state index is 0.254. The second-order valence-corrected chi connectivity index (χ2v) is 5.26. The molecule has 0 saturated carbocycles. The predicted molar refractivity (Wildman–Crippen MR) is 62.4 cm³/mol. The second kappa shape index (κ2) is 5.14. The first-order valence-corrected chi connectivity index (χ1v) is 6.24. The maximum absolute atomic E-state index is 11.1. The van der Waals surface area contributed by atoms with Gasteiger partial charge in [-0.3, -0.25) is 14.5 Å². The first kappa shape index (κ1) is 12.5. The van der Waals surface area contributed by atoms with E-state index in [1.54, 1.807) is 0 Å². The van der Waals surface area contributed by atoms with Crippen molar-refractivity contribution in [2.24, 2.45) is 5.92 Å².